The summed E-state index contributed by atoms with van der Waals surface area (Å²) < 4.78 is 4.86. The van der Waals surface area contributed by atoms with Crippen molar-refractivity contribution >= 4 is 11.6 Å². The lowest BCUT2D eigenvalue weighted by Gasteiger charge is -1.88. The van der Waals surface area contributed by atoms with E-state index >= 15 is 0 Å². The van der Waals surface area contributed by atoms with Crippen molar-refractivity contribution in [1.29, 1.82) is 0 Å². The maximum Gasteiger partial charge on any atom is 0.0644 e. The molecule has 0 aromatic carbocycles. The van der Waals surface area contributed by atoms with Crippen LogP contribution in [0.25, 0.3) is 0 Å². The first-order chi connectivity index (χ1) is 5.83. The van der Waals surface area contributed by atoms with Gasteiger partial charge in [-0.15, -0.1) is 18.2 Å². The predicted molar refractivity (Wildman–Crippen MR) is 56.9 cm³/mol. The molecule has 0 fully saturated rings. The van der Waals surface area contributed by atoms with Gasteiger partial charge in [-0.2, -0.15) is 0 Å². The maximum absolute atomic E-state index is 5.38. The van der Waals surface area contributed by atoms with Crippen molar-refractivity contribution in [2.45, 2.75) is 33.1 Å². The summed E-state index contributed by atoms with van der Waals surface area (Å²) in [6.45, 7) is 9.07. The smallest absolute Gasteiger partial charge is 0.0644 e. The van der Waals surface area contributed by atoms with E-state index in [1.807, 2.05) is 6.92 Å². The molecule has 74 valence electrons. The molecule has 0 atom stereocenters. The molecule has 0 radical (unpaired) electrons. The molecule has 0 rings (SSSR count). The van der Waals surface area contributed by atoms with Crippen LogP contribution in [0.1, 0.15) is 33.1 Å². The average molecular weight is 193 g/mol. The Morgan fingerprint density at radius 1 is 1.33 bits per heavy atom. The zero-order valence-electron chi connectivity index (χ0n) is 8.31. The van der Waals surface area contributed by atoms with E-state index in [1.165, 1.54) is 19.3 Å². The highest BCUT2D eigenvalue weighted by atomic mass is 35.5. The van der Waals surface area contributed by atoms with Gasteiger partial charge in [0.05, 0.1) is 6.61 Å². The molecule has 0 aromatic rings. The van der Waals surface area contributed by atoms with Gasteiger partial charge in [0, 0.05) is 12.5 Å². The average Bonchev–Trinajstić information content (AvgIpc) is 2.12. The second-order valence-electron chi connectivity index (χ2n) is 2.34. The Kier molecular flexibility index (Phi) is 20.8. The topological polar surface area (TPSA) is 9.23 Å². The summed E-state index contributed by atoms with van der Waals surface area (Å²) in [7, 11) is 0. The molecule has 2 heteroatoms. The lowest BCUT2D eigenvalue weighted by molar-refractivity contribution is 0.178. The summed E-state index contributed by atoms with van der Waals surface area (Å²) in [6.07, 6.45) is 5.47. The van der Waals surface area contributed by atoms with Crippen LogP contribution in [0.3, 0.4) is 0 Å². The lowest BCUT2D eigenvalue weighted by Crippen LogP contribution is -1.86. The Morgan fingerprint density at radius 2 is 2.00 bits per heavy atom. The number of ether oxygens (including phenoxy) is 1. The molecule has 0 N–H and O–H groups in total. The van der Waals surface area contributed by atoms with E-state index in [1.54, 1.807) is 6.08 Å². The van der Waals surface area contributed by atoms with Gasteiger partial charge in [-0.05, 0) is 13.3 Å². The highest BCUT2D eigenvalue weighted by Gasteiger charge is 1.76. The van der Waals surface area contributed by atoms with Gasteiger partial charge in [0.25, 0.3) is 0 Å². The highest BCUT2D eigenvalue weighted by Crippen LogP contribution is 1.93. The van der Waals surface area contributed by atoms with E-state index in [4.69, 9.17) is 16.3 Å². The zero-order valence-corrected chi connectivity index (χ0v) is 9.07. The lowest BCUT2D eigenvalue weighted by atomic mass is 10.3. The first kappa shape index (κ1) is 14.5. The van der Waals surface area contributed by atoms with Crippen molar-refractivity contribution in [3.8, 4) is 0 Å². The number of hydrogen-bond acceptors (Lipinski definition) is 1. The van der Waals surface area contributed by atoms with Gasteiger partial charge in [0.1, 0.15) is 0 Å². The van der Waals surface area contributed by atoms with E-state index in [2.05, 4.69) is 13.5 Å². The highest BCUT2D eigenvalue weighted by molar-refractivity contribution is 6.17. The Labute approximate surface area is 81.8 Å². The van der Waals surface area contributed by atoms with Crippen LogP contribution in [-0.2, 0) is 4.74 Å². The minimum atomic E-state index is 0.677. The molecule has 0 amide bonds. The van der Waals surface area contributed by atoms with Crippen LogP contribution in [0.15, 0.2) is 12.7 Å². The van der Waals surface area contributed by atoms with Crippen LogP contribution in [0.4, 0.5) is 0 Å². The first-order valence-corrected chi connectivity index (χ1v) is 5.11. The van der Waals surface area contributed by atoms with Crippen molar-refractivity contribution in [3.05, 3.63) is 12.7 Å². The van der Waals surface area contributed by atoms with Gasteiger partial charge in [0.15, 0.2) is 0 Å². The van der Waals surface area contributed by atoms with E-state index in [0.717, 1.165) is 12.5 Å². The number of rotatable bonds is 6. The van der Waals surface area contributed by atoms with Crippen molar-refractivity contribution in [3.63, 3.8) is 0 Å². The van der Waals surface area contributed by atoms with Crippen molar-refractivity contribution in [2.24, 2.45) is 0 Å². The Morgan fingerprint density at radius 3 is 2.17 bits per heavy atom. The third-order valence-electron chi connectivity index (χ3n) is 1.18. The van der Waals surface area contributed by atoms with Gasteiger partial charge in [0.2, 0.25) is 0 Å². The van der Waals surface area contributed by atoms with Crippen LogP contribution >= 0.6 is 11.6 Å². The number of halogens is 1. The summed E-state index contributed by atoms with van der Waals surface area (Å²) in [4.78, 5) is 0. The third kappa shape index (κ3) is 22.5. The standard InChI is InChI=1S/C5H11Cl.C5H10O/c1-2-3-4-5-6;1-3-5-6-4-2/h2-5H2,1H3;3H,1,4-5H2,2H3. The molecular formula is C10H21ClO. The summed E-state index contributed by atoms with van der Waals surface area (Å²) >= 11 is 5.38. The van der Waals surface area contributed by atoms with Gasteiger partial charge in [-0.25, -0.2) is 0 Å². The number of unbranched alkanes of at least 4 members (excludes halogenated alkanes) is 2. The van der Waals surface area contributed by atoms with Gasteiger partial charge in [-0.1, -0.05) is 25.8 Å². The van der Waals surface area contributed by atoms with Crippen LogP contribution in [0, 0.1) is 0 Å². The van der Waals surface area contributed by atoms with Crippen molar-refractivity contribution < 1.29 is 4.74 Å². The second kappa shape index (κ2) is 17.2. The van der Waals surface area contributed by atoms with Crippen LogP contribution in [0.2, 0.25) is 0 Å². The predicted octanol–water partition coefficient (Wildman–Crippen LogP) is 3.62. The largest absolute Gasteiger partial charge is 0.378 e. The fourth-order valence-corrected chi connectivity index (χ4v) is 0.735. The van der Waals surface area contributed by atoms with E-state index in [-0.39, 0.29) is 0 Å². The van der Waals surface area contributed by atoms with Crippen LogP contribution in [0.5, 0.6) is 0 Å². The molecule has 0 bridgehead atoms. The molecule has 0 aliphatic carbocycles. The van der Waals surface area contributed by atoms with Crippen LogP contribution in [-0.4, -0.2) is 19.1 Å². The fourth-order valence-electron chi connectivity index (χ4n) is 0.546. The number of alkyl halides is 1. The third-order valence-corrected chi connectivity index (χ3v) is 1.44. The minimum Gasteiger partial charge on any atom is -0.378 e. The van der Waals surface area contributed by atoms with Crippen molar-refractivity contribution in [1.82, 2.24) is 0 Å². The fraction of sp³-hybridized carbons (Fsp3) is 0.800. The second-order valence-corrected chi connectivity index (χ2v) is 2.72. The van der Waals surface area contributed by atoms with Gasteiger partial charge < -0.3 is 4.74 Å². The zero-order chi connectivity index (χ0) is 9.66. The molecule has 0 unspecified atom stereocenters. The maximum atomic E-state index is 5.38. The monoisotopic (exact) mass is 192 g/mol. The molecule has 0 aliphatic rings. The molecule has 0 saturated carbocycles. The molecule has 0 heterocycles. The summed E-state index contributed by atoms with van der Waals surface area (Å²) in [5, 5.41) is 0. The normalized spacial score (nSPS) is 8.58. The Bertz CT molecular complexity index is 70.2. The molecule has 0 spiro atoms. The number of hydrogen-bond donors (Lipinski definition) is 0. The Hall–Kier alpha value is -0.0100. The molecule has 12 heavy (non-hydrogen) atoms. The summed E-state index contributed by atoms with van der Waals surface area (Å²) in [6, 6.07) is 0. The first-order valence-electron chi connectivity index (χ1n) is 4.58. The summed E-state index contributed by atoms with van der Waals surface area (Å²) in [5.74, 6) is 0.827. The molecule has 0 aliphatic heterocycles. The molecular weight excluding hydrogens is 172 g/mol. The molecule has 0 saturated heterocycles. The van der Waals surface area contributed by atoms with Gasteiger partial charge in [-0.3, -0.25) is 0 Å². The van der Waals surface area contributed by atoms with Crippen molar-refractivity contribution in [2.75, 3.05) is 19.1 Å². The van der Waals surface area contributed by atoms with E-state index < -0.39 is 0 Å². The van der Waals surface area contributed by atoms with Gasteiger partial charge >= 0.3 is 0 Å². The quantitative estimate of drug-likeness (QED) is 0.355. The SMILES string of the molecule is C=CCOCC.CCCCCCl. The summed E-state index contributed by atoms with van der Waals surface area (Å²) in [5.41, 5.74) is 0. The Balaban J connectivity index is 0. The molecule has 1 nitrogen and oxygen atoms in total. The van der Waals surface area contributed by atoms with Crippen LogP contribution < -0.4 is 0 Å². The molecule has 0 aromatic heterocycles. The van der Waals surface area contributed by atoms with E-state index in [9.17, 15) is 0 Å². The van der Waals surface area contributed by atoms with E-state index in [0.29, 0.717) is 6.61 Å². The minimum absolute atomic E-state index is 0.677.